The molecule has 0 bridgehead atoms. The van der Waals surface area contributed by atoms with Crippen LogP contribution in [-0.4, -0.2) is 41.3 Å². The van der Waals surface area contributed by atoms with Crippen molar-refractivity contribution in [2.45, 2.75) is 6.10 Å². The molecule has 1 aliphatic heterocycles. The fraction of sp³-hybridized carbons (Fsp3) is 0.250. The molecule has 0 unspecified atom stereocenters. The fourth-order valence-corrected chi connectivity index (χ4v) is 2.63. The van der Waals surface area contributed by atoms with E-state index in [9.17, 15) is 0 Å². The molecule has 5 heteroatoms. The van der Waals surface area contributed by atoms with Gasteiger partial charge in [0.25, 0.3) is 0 Å². The van der Waals surface area contributed by atoms with Gasteiger partial charge in [0.2, 0.25) is 0 Å². The van der Waals surface area contributed by atoms with E-state index in [1.165, 1.54) is 5.69 Å². The number of benzene rings is 1. The van der Waals surface area contributed by atoms with Crippen molar-refractivity contribution >= 4 is 16.9 Å². The Morgan fingerprint density at radius 1 is 1.29 bits per heavy atom. The molecule has 21 heavy (non-hydrogen) atoms. The molecule has 1 fully saturated rings. The summed E-state index contributed by atoms with van der Waals surface area (Å²) in [5.41, 5.74) is 4.90. The van der Waals surface area contributed by atoms with Crippen LogP contribution in [0.2, 0.25) is 0 Å². The Bertz CT molecular complexity index is 777. The summed E-state index contributed by atoms with van der Waals surface area (Å²) in [6.07, 6.45) is 4.02. The molecule has 1 saturated heterocycles. The molecular formula is C16H16N4O. The number of hydrogen-bond acceptors (Lipinski definition) is 4. The van der Waals surface area contributed by atoms with E-state index < -0.39 is 0 Å². The Labute approximate surface area is 122 Å². The van der Waals surface area contributed by atoms with Crippen LogP contribution in [0.25, 0.3) is 22.4 Å². The molecule has 0 aliphatic carbocycles. The second-order valence-electron chi connectivity index (χ2n) is 5.28. The van der Waals surface area contributed by atoms with Gasteiger partial charge in [-0.05, 0) is 18.2 Å². The van der Waals surface area contributed by atoms with Crippen LogP contribution in [0.4, 0.5) is 5.69 Å². The number of fused-ring (bicyclic) bond motifs is 1. The third kappa shape index (κ3) is 2.15. The largest absolute Gasteiger partial charge is 0.378 e. The summed E-state index contributed by atoms with van der Waals surface area (Å²) >= 11 is 0. The average Bonchev–Trinajstić information content (AvgIpc) is 2.94. The van der Waals surface area contributed by atoms with Crippen LogP contribution < -0.4 is 4.90 Å². The molecule has 3 aromatic rings. The number of ether oxygens (including phenoxy) is 1. The first-order valence-corrected chi connectivity index (χ1v) is 7.02. The third-order valence-corrected chi connectivity index (χ3v) is 3.95. The first-order valence-electron chi connectivity index (χ1n) is 7.02. The standard InChI is InChI=1S/C16H16N4O/c1-21-13-9-20(10-13)12-4-2-3-11(7-12)15-8-18-16-14(19-15)5-6-17-16/h2-8,13H,9-10H2,1H3,(H,17,18). The van der Waals surface area contributed by atoms with Crippen LogP contribution in [0, 0.1) is 0 Å². The topological polar surface area (TPSA) is 54.0 Å². The highest BCUT2D eigenvalue weighted by molar-refractivity contribution is 5.75. The maximum absolute atomic E-state index is 5.32. The summed E-state index contributed by atoms with van der Waals surface area (Å²) in [6, 6.07) is 10.4. The number of rotatable bonds is 3. The first kappa shape index (κ1) is 12.3. The molecule has 0 amide bonds. The van der Waals surface area contributed by atoms with Gasteiger partial charge in [-0.25, -0.2) is 9.97 Å². The number of aromatic amines is 1. The Morgan fingerprint density at radius 3 is 3.05 bits per heavy atom. The maximum Gasteiger partial charge on any atom is 0.156 e. The van der Waals surface area contributed by atoms with Gasteiger partial charge in [-0.2, -0.15) is 0 Å². The summed E-state index contributed by atoms with van der Waals surface area (Å²) in [5, 5.41) is 0. The lowest BCUT2D eigenvalue weighted by molar-refractivity contribution is 0.0788. The number of methoxy groups -OCH3 is 1. The van der Waals surface area contributed by atoms with Gasteiger partial charge >= 0.3 is 0 Å². The summed E-state index contributed by atoms with van der Waals surface area (Å²) < 4.78 is 5.32. The van der Waals surface area contributed by atoms with E-state index in [1.54, 1.807) is 7.11 Å². The highest BCUT2D eigenvalue weighted by Gasteiger charge is 2.26. The minimum absolute atomic E-state index is 0.352. The zero-order valence-electron chi connectivity index (χ0n) is 11.8. The first-order chi connectivity index (χ1) is 10.3. The normalized spacial score (nSPS) is 15.4. The Kier molecular flexibility index (Phi) is 2.86. The van der Waals surface area contributed by atoms with Gasteiger partial charge in [0.05, 0.1) is 18.0 Å². The van der Waals surface area contributed by atoms with Crippen molar-refractivity contribution in [2.24, 2.45) is 0 Å². The van der Waals surface area contributed by atoms with E-state index >= 15 is 0 Å². The van der Waals surface area contributed by atoms with Crippen molar-refractivity contribution in [1.82, 2.24) is 15.0 Å². The zero-order valence-corrected chi connectivity index (χ0v) is 11.8. The number of aromatic nitrogens is 3. The minimum atomic E-state index is 0.352. The van der Waals surface area contributed by atoms with Crippen LogP contribution in [0.3, 0.4) is 0 Å². The predicted octanol–water partition coefficient (Wildman–Crippen LogP) is 2.46. The van der Waals surface area contributed by atoms with Gasteiger partial charge < -0.3 is 14.6 Å². The molecule has 5 nitrogen and oxygen atoms in total. The second kappa shape index (κ2) is 4.86. The van der Waals surface area contributed by atoms with Crippen LogP contribution in [0.15, 0.2) is 42.7 Å². The van der Waals surface area contributed by atoms with Gasteiger partial charge in [-0.3, -0.25) is 0 Å². The molecule has 1 aromatic carbocycles. The van der Waals surface area contributed by atoms with Crippen LogP contribution in [0.1, 0.15) is 0 Å². The number of H-pyrrole nitrogens is 1. The van der Waals surface area contributed by atoms with Gasteiger partial charge in [-0.15, -0.1) is 0 Å². The Balaban J connectivity index is 1.65. The number of nitrogens with zero attached hydrogens (tertiary/aromatic N) is 3. The van der Waals surface area contributed by atoms with Crippen molar-refractivity contribution in [3.8, 4) is 11.3 Å². The predicted molar refractivity (Wildman–Crippen MR) is 82.3 cm³/mol. The average molecular weight is 280 g/mol. The maximum atomic E-state index is 5.32. The van der Waals surface area contributed by atoms with E-state index in [0.717, 1.165) is 35.5 Å². The van der Waals surface area contributed by atoms with Gasteiger partial charge in [0, 0.05) is 37.6 Å². The molecule has 4 rings (SSSR count). The van der Waals surface area contributed by atoms with Crippen LogP contribution >= 0.6 is 0 Å². The molecule has 1 aliphatic rings. The van der Waals surface area contributed by atoms with Crippen LogP contribution in [0.5, 0.6) is 0 Å². The lowest BCUT2D eigenvalue weighted by Gasteiger charge is -2.40. The Hall–Kier alpha value is -2.40. The second-order valence-corrected chi connectivity index (χ2v) is 5.28. The summed E-state index contributed by atoms with van der Waals surface area (Å²) in [4.78, 5) is 14.4. The summed E-state index contributed by atoms with van der Waals surface area (Å²) in [6.45, 7) is 1.89. The quantitative estimate of drug-likeness (QED) is 0.800. The monoisotopic (exact) mass is 280 g/mol. The van der Waals surface area contributed by atoms with E-state index in [0.29, 0.717) is 6.10 Å². The number of anilines is 1. The molecule has 0 radical (unpaired) electrons. The highest BCUT2D eigenvalue weighted by atomic mass is 16.5. The van der Waals surface area contributed by atoms with Crippen molar-refractivity contribution in [2.75, 3.05) is 25.1 Å². The molecule has 0 saturated carbocycles. The summed E-state index contributed by atoms with van der Waals surface area (Å²) in [5.74, 6) is 0. The highest BCUT2D eigenvalue weighted by Crippen LogP contribution is 2.27. The SMILES string of the molecule is COC1CN(c2cccc(-c3cnc4[nH]ccc4n3)c2)C1. The molecule has 0 atom stereocenters. The third-order valence-electron chi connectivity index (χ3n) is 3.95. The zero-order chi connectivity index (χ0) is 14.2. The lowest BCUT2D eigenvalue weighted by atomic mass is 10.1. The fourth-order valence-electron chi connectivity index (χ4n) is 2.63. The van der Waals surface area contributed by atoms with E-state index in [2.05, 4.69) is 44.1 Å². The molecule has 3 heterocycles. The smallest absolute Gasteiger partial charge is 0.156 e. The van der Waals surface area contributed by atoms with Gasteiger partial charge in [-0.1, -0.05) is 12.1 Å². The Morgan fingerprint density at radius 2 is 2.19 bits per heavy atom. The molecular weight excluding hydrogens is 264 g/mol. The molecule has 1 N–H and O–H groups in total. The molecule has 106 valence electrons. The minimum Gasteiger partial charge on any atom is -0.378 e. The summed E-state index contributed by atoms with van der Waals surface area (Å²) in [7, 11) is 1.76. The van der Waals surface area contributed by atoms with Crippen molar-refractivity contribution in [3.63, 3.8) is 0 Å². The lowest BCUT2D eigenvalue weighted by Crippen LogP contribution is -2.51. The molecule has 2 aromatic heterocycles. The number of hydrogen-bond donors (Lipinski definition) is 1. The van der Waals surface area contributed by atoms with E-state index in [4.69, 9.17) is 4.74 Å². The van der Waals surface area contributed by atoms with Crippen molar-refractivity contribution < 1.29 is 4.74 Å². The van der Waals surface area contributed by atoms with E-state index in [-0.39, 0.29) is 0 Å². The molecule has 0 spiro atoms. The van der Waals surface area contributed by atoms with Gasteiger partial charge in [0.1, 0.15) is 5.52 Å². The van der Waals surface area contributed by atoms with Gasteiger partial charge in [0.15, 0.2) is 5.65 Å². The van der Waals surface area contributed by atoms with Crippen molar-refractivity contribution in [1.29, 1.82) is 0 Å². The van der Waals surface area contributed by atoms with Crippen molar-refractivity contribution in [3.05, 3.63) is 42.7 Å². The van der Waals surface area contributed by atoms with Crippen LogP contribution in [-0.2, 0) is 4.74 Å². The number of nitrogens with one attached hydrogen (secondary N) is 1. The van der Waals surface area contributed by atoms with E-state index in [1.807, 2.05) is 18.5 Å².